The molecule has 0 aliphatic carbocycles. The van der Waals surface area contributed by atoms with Gasteiger partial charge in [0, 0.05) is 11.8 Å². The second-order valence-corrected chi connectivity index (χ2v) is 17.6. The van der Waals surface area contributed by atoms with Crippen LogP contribution in [0.3, 0.4) is 0 Å². The van der Waals surface area contributed by atoms with Gasteiger partial charge in [0.2, 0.25) is 0 Å². The fourth-order valence-electron chi connectivity index (χ4n) is 11.3. The molecule has 0 N–H and O–H groups in total. The maximum absolute atomic E-state index is 6.02. The van der Waals surface area contributed by atoms with Crippen LogP contribution in [0.25, 0.3) is 11.1 Å². The number of nitrogens with zero attached hydrogens (tertiary/aromatic N) is 4. The van der Waals surface area contributed by atoms with Crippen molar-refractivity contribution in [1.29, 1.82) is 0 Å². The maximum atomic E-state index is 6.02. The van der Waals surface area contributed by atoms with Crippen molar-refractivity contribution in [2.24, 2.45) is 9.98 Å². The molecule has 2 unspecified atom stereocenters. The van der Waals surface area contributed by atoms with Crippen molar-refractivity contribution in [2.75, 3.05) is 0 Å². The molecule has 4 nitrogen and oxygen atoms in total. The van der Waals surface area contributed by atoms with Gasteiger partial charge in [-0.3, -0.25) is 9.98 Å². The van der Waals surface area contributed by atoms with Crippen LogP contribution in [-0.4, -0.2) is 11.4 Å². The van der Waals surface area contributed by atoms with Gasteiger partial charge in [-0.05, 0) is 109 Å². The Kier molecular flexibility index (Phi) is 16.9. The van der Waals surface area contributed by atoms with E-state index in [4.69, 9.17) is 20.0 Å². The third-order valence-electron chi connectivity index (χ3n) is 14.2. The minimum Gasteiger partial charge on any atom is -0.660 e. The molecule has 3 aliphatic heterocycles. The topological polar surface area (TPSA) is 52.9 Å². The van der Waals surface area contributed by atoms with Crippen LogP contribution in [-0.2, 0) is 42.2 Å². The molecular formula is C58H74N4Ni. The summed E-state index contributed by atoms with van der Waals surface area (Å²) < 4.78 is 0. The quantitative estimate of drug-likeness (QED) is 0.0738. The van der Waals surface area contributed by atoms with Gasteiger partial charge in [0.05, 0.1) is 22.8 Å². The molecule has 4 aromatic rings. The number of rotatable bonds is 18. The maximum Gasteiger partial charge on any atom is 2.00 e. The Labute approximate surface area is 391 Å². The second kappa shape index (κ2) is 22.1. The summed E-state index contributed by atoms with van der Waals surface area (Å²) >= 11 is 0. The standard InChI is InChI=1S/C58H74N4.Ni/c1-11-21-23-30-36-48-53-41(15-5)45(19-9)57(61-53)49(37-31-26-24-27-32-37)55-43(17-7)39(13-3)51(59-55)47(35-22-12-2)52-40(14-4)44(18-8)56(60-52)50(38-33-28-25-29-34-38)58-46(20-10)42(16-6)54(48)62-58;/h24-29,31-34,47-48H,11-23,30,35-36H2,1-10H3;/q-2;+2/b55-49-,58-50-;. The summed E-state index contributed by atoms with van der Waals surface area (Å²) in [5, 5.41) is 0. The molecule has 0 spiro atoms. The molecule has 2 aromatic carbocycles. The molecule has 5 heterocycles. The van der Waals surface area contributed by atoms with Crippen molar-refractivity contribution in [3.05, 3.63) is 151 Å². The Morgan fingerprint density at radius 3 is 1.14 bits per heavy atom. The first-order valence-electron chi connectivity index (χ1n) is 25.0. The van der Waals surface area contributed by atoms with E-state index >= 15 is 0 Å². The normalized spacial score (nSPS) is 19.8. The van der Waals surface area contributed by atoms with Gasteiger partial charge in [-0.25, -0.2) is 0 Å². The number of unbranched alkanes of at least 4 members (excludes halogenated alkanes) is 4. The number of benzene rings is 2. The molecule has 63 heavy (non-hydrogen) atoms. The van der Waals surface area contributed by atoms with Gasteiger partial charge in [-0.15, -0.1) is 22.8 Å². The van der Waals surface area contributed by atoms with Crippen molar-refractivity contribution in [1.82, 2.24) is 9.97 Å². The van der Waals surface area contributed by atoms with Crippen LogP contribution in [0.4, 0.5) is 0 Å². The molecule has 7 rings (SSSR count). The number of aromatic nitrogens is 2. The first-order valence-corrected chi connectivity index (χ1v) is 25.0. The number of fused-ring (bicyclic) bond motifs is 6. The van der Waals surface area contributed by atoms with Crippen molar-refractivity contribution < 1.29 is 16.5 Å². The minimum atomic E-state index is 0. The summed E-state index contributed by atoms with van der Waals surface area (Å²) in [4.78, 5) is 24.0. The van der Waals surface area contributed by atoms with Crippen LogP contribution in [0.1, 0.15) is 214 Å². The fraction of sp³-hybridized carbons (Fsp3) is 0.483. The summed E-state index contributed by atoms with van der Waals surface area (Å²) in [6.45, 7) is 23.4. The summed E-state index contributed by atoms with van der Waals surface area (Å²) in [5.74, 6) is 0.183. The van der Waals surface area contributed by atoms with E-state index in [-0.39, 0.29) is 28.3 Å². The zero-order chi connectivity index (χ0) is 43.9. The Morgan fingerprint density at radius 2 is 0.794 bits per heavy atom. The van der Waals surface area contributed by atoms with Crippen molar-refractivity contribution in [2.45, 2.75) is 184 Å². The van der Waals surface area contributed by atoms with Crippen LogP contribution in [0.15, 0.2) is 104 Å². The van der Waals surface area contributed by atoms with Gasteiger partial charge < -0.3 is 9.97 Å². The van der Waals surface area contributed by atoms with Crippen molar-refractivity contribution in [3.63, 3.8) is 0 Å². The molecule has 0 saturated heterocycles. The SMILES string of the molecule is CCCCCCC1C2=N/C(=C(/c3ccccc3)c3[n-]c(c(CC)c3CC)C(CCCC)C3=N/C(=C(/c4ccccc4)c4[n-]c1c(CC)c4CC)C(CC)=C3CC)C(CC)=C2CC.[Ni+2]. The molecule has 5 heteroatoms. The Bertz CT molecular complexity index is 2410. The fourth-order valence-corrected chi connectivity index (χ4v) is 11.3. The average molecular weight is 886 g/mol. The molecule has 2 atom stereocenters. The molecule has 2 aromatic heterocycles. The van der Waals surface area contributed by atoms with Gasteiger partial charge >= 0.3 is 16.5 Å². The predicted octanol–water partition coefficient (Wildman–Crippen LogP) is 15.6. The summed E-state index contributed by atoms with van der Waals surface area (Å²) in [5.41, 5.74) is 25.5. The Hall–Kier alpha value is -4.21. The Morgan fingerprint density at radius 1 is 0.413 bits per heavy atom. The van der Waals surface area contributed by atoms with Gasteiger partial charge in [0.25, 0.3) is 0 Å². The second-order valence-electron chi connectivity index (χ2n) is 17.6. The average Bonchev–Trinajstić information content (AvgIpc) is 4.07. The summed E-state index contributed by atoms with van der Waals surface area (Å²) in [6.07, 6.45) is 16.6. The minimum absolute atomic E-state index is 0. The van der Waals surface area contributed by atoms with Crippen molar-refractivity contribution in [3.8, 4) is 0 Å². The molecule has 336 valence electrons. The van der Waals surface area contributed by atoms with E-state index in [1.54, 1.807) is 0 Å². The van der Waals surface area contributed by atoms with Crippen LogP contribution in [0.2, 0.25) is 0 Å². The molecular weight excluding hydrogens is 811 g/mol. The number of aliphatic imine (C=N–C) groups is 2. The number of allylic oxidation sites excluding steroid dienone is 4. The van der Waals surface area contributed by atoms with E-state index in [1.165, 1.54) is 109 Å². The largest absolute Gasteiger partial charge is 2.00 e. The third kappa shape index (κ3) is 8.95. The first kappa shape index (κ1) is 48.3. The number of hydrogen-bond acceptors (Lipinski definition) is 2. The van der Waals surface area contributed by atoms with Crippen LogP contribution in [0, 0.1) is 0 Å². The predicted molar refractivity (Wildman–Crippen MR) is 266 cm³/mol. The van der Waals surface area contributed by atoms with E-state index in [2.05, 4.69) is 130 Å². The molecule has 0 amide bonds. The van der Waals surface area contributed by atoms with E-state index in [0.29, 0.717) is 0 Å². The zero-order valence-electron chi connectivity index (χ0n) is 40.3. The van der Waals surface area contributed by atoms with E-state index in [9.17, 15) is 0 Å². The van der Waals surface area contributed by atoms with E-state index in [0.717, 1.165) is 106 Å². The van der Waals surface area contributed by atoms with Gasteiger partial charge in [-0.1, -0.05) is 191 Å². The molecule has 8 bridgehead atoms. The van der Waals surface area contributed by atoms with Gasteiger partial charge in [0.1, 0.15) is 0 Å². The molecule has 0 radical (unpaired) electrons. The molecule has 0 fully saturated rings. The van der Waals surface area contributed by atoms with E-state index < -0.39 is 0 Å². The van der Waals surface area contributed by atoms with Crippen LogP contribution < -0.4 is 9.97 Å². The third-order valence-corrected chi connectivity index (χ3v) is 14.2. The number of hydrogen-bond donors (Lipinski definition) is 0. The van der Waals surface area contributed by atoms with Gasteiger partial charge in [-0.2, -0.15) is 0 Å². The van der Waals surface area contributed by atoms with E-state index in [1.807, 2.05) is 0 Å². The zero-order valence-corrected chi connectivity index (χ0v) is 41.3. The Balaban J connectivity index is 0.00000661. The van der Waals surface area contributed by atoms with Gasteiger partial charge in [0.15, 0.2) is 0 Å². The summed E-state index contributed by atoms with van der Waals surface area (Å²) in [6, 6.07) is 22.3. The summed E-state index contributed by atoms with van der Waals surface area (Å²) in [7, 11) is 0. The monoisotopic (exact) mass is 885 g/mol. The van der Waals surface area contributed by atoms with Crippen LogP contribution in [0.5, 0.6) is 0 Å². The molecule has 0 saturated carbocycles. The smallest absolute Gasteiger partial charge is 0.660 e. The molecule has 3 aliphatic rings. The first-order chi connectivity index (χ1) is 30.4. The van der Waals surface area contributed by atoms with Crippen molar-refractivity contribution >= 4 is 22.6 Å². The van der Waals surface area contributed by atoms with Crippen LogP contribution >= 0.6 is 0 Å².